The van der Waals surface area contributed by atoms with Crippen LogP contribution in [0.1, 0.15) is 36.7 Å². The number of aromatic nitrogens is 2. The molecule has 0 aliphatic rings. The fourth-order valence-corrected chi connectivity index (χ4v) is 2.97. The number of aryl methyl sites for hydroxylation is 2. The van der Waals surface area contributed by atoms with Gasteiger partial charge in [-0.2, -0.15) is 0 Å². The standard InChI is InChI=1S/C16H23N3S/c1-4-9-17-10-5-7-14-12(2)18-16(19-13(14)3)15-8-6-11-20-15/h6,8,11,17H,4-5,7,9-10H2,1-3H3. The number of hydrogen-bond donors (Lipinski definition) is 1. The molecule has 20 heavy (non-hydrogen) atoms. The van der Waals surface area contributed by atoms with Crippen molar-refractivity contribution in [3.8, 4) is 10.7 Å². The summed E-state index contributed by atoms with van der Waals surface area (Å²) in [6.45, 7) is 8.56. The Labute approximate surface area is 125 Å². The van der Waals surface area contributed by atoms with Crippen LogP contribution >= 0.6 is 11.3 Å². The van der Waals surface area contributed by atoms with Gasteiger partial charge >= 0.3 is 0 Å². The maximum atomic E-state index is 4.67. The molecule has 0 saturated carbocycles. The second-order valence-corrected chi connectivity index (χ2v) is 5.98. The summed E-state index contributed by atoms with van der Waals surface area (Å²) in [5.74, 6) is 0.864. The van der Waals surface area contributed by atoms with Crippen LogP contribution < -0.4 is 5.32 Å². The van der Waals surface area contributed by atoms with Gasteiger partial charge in [0, 0.05) is 11.4 Å². The van der Waals surface area contributed by atoms with E-state index in [2.05, 4.69) is 47.5 Å². The summed E-state index contributed by atoms with van der Waals surface area (Å²) in [6, 6.07) is 4.12. The van der Waals surface area contributed by atoms with E-state index in [-0.39, 0.29) is 0 Å². The van der Waals surface area contributed by atoms with Crippen LogP contribution in [0.4, 0.5) is 0 Å². The van der Waals surface area contributed by atoms with Crippen molar-refractivity contribution in [1.29, 1.82) is 0 Å². The smallest absolute Gasteiger partial charge is 0.169 e. The first-order valence-corrected chi connectivity index (χ1v) is 8.19. The summed E-state index contributed by atoms with van der Waals surface area (Å²) < 4.78 is 0. The zero-order valence-corrected chi connectivity index (χ0v) is 13.4. The lowest BCUT2D eigenvalue weighted by molar-refractivity contribution is 0.636. The van der Waals surface area contributed by atoms with E-state index in [9.17, 15) is 0 Å². The summed E-state index contributed by atoms with van der Waals surface area (Å²) in [7, 11) is 0. The number of nitrogens with one attached hydrogen (secondary N) is 1. The van der Waals surface area contributed by atoms with E-state index in [1.54, 1.807) is 11.3 Å². The molecule has 108 valence electrons. The zero-order chi connectivity index (χ0) is 14.4. The molecule has 0 bridgehead atoms. The quantitative estimate of drug-likeness (QED) is 0.789. The highest BCUT2D eigenvalue weighted by Gasteiger charge is 2.10. The Morgan fingerprint density at radius 1 is 1.15 bits per heavy atom. The summed E-state index contributed by atoms with van der Waals surface area (Å²) in [6.07, 6.45) is 3.39. The molecule has 3 nitrogen and oxygen atoms in total. The van der Waals surface area contributed by atoms with Crippen molar-refractivity contribution in [2.45, 2.75) is 40.0 Å². The SMILES string of the molecule is CCCNCCCc1c(C)nc(-c2cccs2)nc1C. The van der Waals surface area contributed by atoms with Gasteiger partial charge in [-0.25, -0.2) is 9.97 Å². The molecule has 2 aromatic rings. The molecule has 1 N–H and O–H groups in total. The van der Waals surface area contributed by atoms with E-state index in [1.807, 2.05) is 6.07 Å². The maximum Gasteiger partial charge on any atom is 0.169 e. The molecule has 4 heteroatoms. The van der Waals surface area contributed by atoms with Gasteiger partial charge in [0.05, 0.1) is 4.88 Å². The van der Waals surface area contributed by atoms with Crippen LogP contribution in [-0.4, -0.2) is 23.1 Å². The minimum Gasteiger partial charge on any atom is -0.317 e. The first-order chi connectivity index (χ1) is 9.72. The van der Waals surface area contributed by atoms with Crippen LogP contribution in [0.25, 0.3) is 10.7 Å². The van der Waals surface area contributed by atoms with Crippen LogP contribution in [0.3, 0.4) is 0 Å². The van der Waals surface area contributed by atoms with Gasteiger partial charge in [0.15, 0.2) is 5.82 Å². The second-order valence-electron chi connectivity index (χ2n) is 5.03. The van der Waals surface area contributed by atoms with Gasteiger partial charge in [0.1, 0.15) is 0 Å². The van der Waals surface area contributed by atoms with Gasteiger partial charge in [-0.15, -0.1) is 11.3 Å². The molecular weight excluding hydrogens is 266 g/mol. The summed E-state index contributed by atoms with van der Waals surface area (Å²) >= 11 is 1.69. The van der Waals surface area contributed by atoms with Crippen molar-refractivity contribution in [2.24, 2.45) is 0 Å². The molecule has 0 aromatic carbocycles. The van der Waals surface area contributed by atoms with Gasteiger partial charge in [0.2, 0.25) is 0 Å². The Bertz CT molecular complexity index is 512. The summed E-state index contributed by atoms with van der Waals surface area (Å²) in [5.41, 5.74) is 3.55. The molecule has 0 unspecified atom stereocenters. The molecule has 2 rings (SSSR count). The third-order valence-corrected chi connectivity index (χ3v) is 4.24. The van der Waals surface area contributed by atoms with Crippen LogP contribution in [0.2, 0.25) is 0 Å². The molecular formula is C16H23N3S. The van der Waals surface area contributed by atoms with E-state index >= 15 is 0 Å². The molecule has 0 spiro atoms. The predicted octanol–water partition coefficient (Wildman–Crippen LogP) is 3.75. The minimum absolute atomic E-state index is 0.864. The Morgan fingerprint density at radius 3 is 2.50 bits per heavy atom. The first-order valence-electron chi connectivity index (χ1n) is 7.31. The Hall–Kier alpha value is -1.26. The van der Waals surface area contributed by atoms with Crippen LogP contribution in [0, 0.1) is 13.8 Å². The number of thiophene rings is 1. The lowest BCUT2D eigenvalue weighted by atomic mass is 10.1. The highest BCUT2D eigenvalue weighted by atomic mass is 32.1. The first kappa shape index (κ1) is 15.1. The van der Waals surface area contributed by atoms with Gasteiger partial charge in [-0.05, 0) is 63.2 Å². The van der Waals surface area contributed by atoms with Crippen molar-refractivity contribution < 1.29 is 0 Å². The summed E-state index contributed by atoms with van der Waals surface area (Å²) in [5, 5.41) is 5.50. The average Bonchev–Trinajstić information content (AvgIpc) is 2.95. The molecule has 0 radical (unpaired) electrons. The molecule has 0 amide bonds. The van der Waals surface area contributed by atoms with Crippen molar-refractivity contribution in [2.75, 3.05) is 13.1 Å². The van der Waals surface area contributed by atoms with E-state index in [4.69, 9.17) is 0 Å². The van der Waals surface area contributed by atoms with Crippen LogP contribution in [0.5, 0.6) is 0 Å². The van der Waals surface area contributed by atoms with Gasteiger partial charge in [-0.3, -0.25) is 0 Å². The molecule has 0 saturated heterocycles. The Morgan fingerprint density at radius 2 is 1.90 bits per heavy atom. The van der Waals surface area contributed by atoms with Crippen molar-refractivity contribution in [1.82, 2.24) is 15.3 Å². The molecule has 0 atom stereocenters. The predicted molar refractivity (Wildman–Crippen MR) is 86.3 cm³/mol. The van der Waals surface area contributed by atoms with E-state index in [1.165, 1.54) is 12.0 Å². The lowest BCUT2D eigenvalue weighted by Crippen LogP contribution is -2.17. The van der Waals surface area contributed by atoms with Crippen molar-refractivity contribution >= 4 is 11.3 Å². The van der Waals surface area contributed by atoms with E-state index in [0.717, 1.165) is 48.0 Å². The fraction of sp³-hybridized carbons (Fsp3) is 0.500. The normalized spacial score (nSPS) is 10.9. The highest BCUT2D eigenvalue weighted by Crippen LogP contribution is 2.23. The Balaban J connectivity index is 2.03. The summed E-state index contributed by atoms with van der Waals surface area (Å²) in [4.78, 5) is 10.5. The fourth-order valence-electron chi connectivity index (χ4n) is 2.31. The molecule has 0 aliphatic heterocycles. The minimum atomic E-state index is 0.864. The Kier molecular flexibility index (Phi) is 5.68. The van der Waals surface area contributed by atoms with Crippen molar-refractivity contribution in [3.05, 3.63) is 34.5 Å². The van der Waals surface area contributed by atoms with Crippen LogP contribution in [0.15, 0.2) is 17.5 Å². The van der Waals surface area contributed by atoms with Crippen molar-refractivity contribution in [3.63, 3.8) is 0 Å². The van der Waals surface area contributed by atoms with E-state index in [0.29, 0.717) is 0 Å². The van der Waals surface area contributed by atoms with Gasteiger partial charge in [0.25, 0.3) is 0 Å². The maximum absolute atomic E-state index is 4.67. The highest BCUT2D eigenvalue weighted by molar-refractivity contribution is 7.13. The number of nitrogens with zero attached hydrogens (tertiary/aromatic N) is 2. The molecule has 0 aliphatic carbocycles. The monoisotopic (exact) mass is 289 g/mol. The number of hydrogen-bond acceptors (Lipinski definition) is 4. The lowest BCUT2D eigenvalue weighted by Gasteiger charge is -2.10. The molecule has 0 fully saturated rings. The number of rotatable bonds is 7. The zero-order valence-electron chi connectivity index (χ0n) is 12.6. The average molecular weight is 289 g/mol. The third kappa shape index (κ3) is 3.87. The second kappa shape index (κ2) is 7.50. The topological polar surface area (TPSA) is 37.8 Å². The third-order valence-electron chi connectivity index (χ3n) is 3.37. The largest absolute Gasteiger partial charge is 0.317 e. The van der Waals surface area contributed by atoms with E-state index < -0.39 is 0 Å². The molecule has 2 aromatic heterocycles. The van der Waals surface area contributed by atoms with Crippen LogP contribution in [-0.2, 0) is 6.42 Å². The van der Waals surface area contributed by atoms with Gasteiger partial charge < -0.3 is 5.32 Å². The molecule has 2 heterocycles. The van der Waals surface area contributed by atoms with Gasteiger partial charge in [-0.1, -0.05) is 13.0 Å².